The highest BCUT2D eigenvalue weighted by atomic mass is 16.2. The molecular formula is C21H25N7O3. The van der Waals surface area contributed by atoms with Crippen molar-refractivity contribution in [3.05, 3.63) is 68.1 Å². The molecule has 1 aliphatic rings. The Morgan fingerprint density at radius 1 is 0.968 bits per heavy atom. The minimum absolute atomic E-state index is 0.0160. The van der Waals surface area contributed by atoms with Gasteiger partial charge in [-0.3, -0.25) is 14.4 Å². The summed E-state index contributed by atoms with van der Waals surface area (Å²) in [5.41, 5.74) is 1.64. The van der Waals surface area contributed by atoms with Crippen molar-refractivity contribution in [3.8, 4) is 5.82 Å². The second-order valence-electron chi connectivity index (χ2n) is 7.97. The van der Waals surface area contributed by atoms with Crippen molar-refractivity contribution < 1.29 is 4.79 Å². The van der Waals surface area contributed by atoms with Crippen molar-refractivity contribution in [1.29, 1.82) is 0 Å². The van der Waals surface area contributed by atoms with Gasteiger partial charge in [0.05, 0.1) is 11.7 Å². The zero-order chi connectivity index (χ0) is 22.1. The van der Waals surface area contributed by atoms with Crippen LogP contribution >= 0.6 is 0 Å². The van der Waals surface area contributed by atoms with Gasteiger partial charge < -0.3 is 5.32 Å². The zero-order valence-electron chi connectivity index (χ0n) is 17.8. The highest BCUT2D eigenvalue weighted by molar-refractivity contribution is 5.92. The van der Waals surface area contributed by atoms with E-state index in [1.54, 1.807) is 15.4 Å². The molecule has 10 heteroatoms. The molecule has 31 heavy (non-hydrogen) atoms. The van der Waals surface area contributed by atoms with Gasteiger partial charge in [-0.1, -0.05) is 0 Å². The molecule has 1 saturated carbocycles. The number of hydrogen-bond acceptors (Lipinski definition) is 6. The Bertz CT molecular complexity index is 1230. The van der Waals surface area contributed by atoms with Gasteiger partial charge in [0.2, 0.25) is 0 Å². The Labute approximate surface area is 178 Å². The summed E-state index contributed by atoms with van der Waals surface area (Å²) >= 11 is 0. The van der Waals surface area contributed by atoms with Crippen LogP contribution in [-0.4, -0.2) is 41.3 Å². The molecule has 0 spiro atoms. The van der Waals surface area contributed by atoms with E-state index in [9.17, 15) is 14.4 Å². The van der Waals surface area contributed by atoms with E-state index in [2.05, 4.69) is 20.6 Å². The van der Waals surface area contributed by atoms with Crippen LogP contribution in [0.15, 0.2) is 39.9 Å². The molecule has 0 bridgehead atoms. The Hall–Kier alpha value is -3.56. The second kappa shape index (κ2) is 8.29. The van der Waals surface area contributed by atoms with Gasteiger partial charge in [0.1, 0.15) is 5.69 Å². The van der Waals surface area contributed by atoms with Gasteiger partial charge in [0, 0.05) is 30.9 Å². The number of hydrogen-bond donors (Lipinski definition) is 1. The maximum atomic E-state index is 12.5. The molecule has 3 aromatic rings. The fourth-order valence-electron chi connectivity index (χ4n) is 4.00. The van der Waals surface area contributed by atoms with Gasteiger partial charge >= 0.3 is 0 Å². The summed E-state index contributed by atoms with van der Waals surface area (Å²) in [5.74, 6) is 0.308. The third-order valence-electron chi connectivity index (χ3n) is 5.61. The first-order valence-electron chi connectivity index (χ1n) is 10.3. The monoisotopic (exact) mass is 423 g/mol. The summed E-state index contributed by atoms with van der Waals surface area (Å²) < 4.78 is 4.41. The van der Waals surface area contributed by atoms with Crippen LogP contribution in [0, 0.1) is 13.8 Å². The number of aromatic nitrogens is 6. The van der Waals surface area contributed by atoms with Crippen LogP contribution in [0.3, 0.4) is 0 Å². The molecule has 1 fully saturated rings. The first-order valence-corrected chi connectivity index (χ1v) is 10.3. The van der Waals surface area contributed by atoms with Crippen LogP contribution in [0.2, 0.25) is 0 Å². The van der Waals surface area contributed by atoms with Crippen LogP contribution in [0.5, 0.6) is 0 Å². The van der Waals surface area contributed by atoms with Gasteiger partial charge in [0.15, 0.2) is 5.82 Å². The van der Waals surface area contributed by atoms with E-state index in [-0.39, 0.29) is 34.8 Å². The fourth-order valence-corrected chi connectivity index (χ4v) is 4.00. The van der Waals surface area contributed by atoms with E-state index in [4.69, 9.17) is 0 Å². The van der Waals surface area contributed by atoms with Gasteiger partial charge in [-0.05, 0) is 57.7 Å². The summed E-state index contributed by atoms with van der Waals surface area (Å²) in [6.45, 7) is 3.87. The first kappa shape index (κ1) is 20.7. The van der Waals surface area contributed by atoms with Crippen molar-refractivity contribution in [1.82, 2.24) is 34.7 Å². The molecule has 162 valence electrons. The molecule has 0 radical (unpaired) electrons. The van der Waals surface area contributed by atoms with E-state index >= 15 is 0 Å². The Morgan fingerprint density at radius 2 is 1.68 bits per heavy atom. The van der Waals surface area contributed by atoms with Crippen LogP contribution in [-0.2, 0) is 7.05 Å². The smallest absolute Gasteiger partial charge is 0.271 e. The van der Waals surface area contributed by atoms with Gasteiger partial charge in [-0.25, -0.2) is 14.0 Å². The Balaban J connectivity index is 1.44. The zero-order valence-corrected chi connectivity index (χ0v) is 17.8. The number of nitrogens with one attached hydrogen (secondary N) is 1. The quantitative estimate of drug-likeness (QED) is 0.671. The maximum absolute atomic E-state index is 12.5. The van der Waals surface area contributed by atoms with Gasteiger partial charge in [-0.15, -0.1) is 5.10 Å². The lowest BCUT2D eigenvalue weighted by Gasteiger charge is -2.29. The fraction of sp³-hybridized carbons (Fsp3) is 0.429. The van der Waals surface area contributed by atoms with E-state index in [1.807, 2.05) is 19.9 Å². The number of nitrogens with zero attached hydrogens (tertiary/aromatic N) is 6. The normalized spacial score (nSPS) is 18.7. The Kier molecular flexibility index (Phi) is 5.53. The van der Waals surface area contributed by atoms with Crippen LogP contribution < -0.4 is 16.4 Å². The molecule has 0 unspecified atom stereocenters. The van der Waals surface area contributed by atoms with E-state index in [0.717, 1.165) is 41.8 Å². The SMILES string of the molecule is Cc1cc(C)n(-c2ccc(=O)n(C3CCC(NC(=O)c4ccc(=O)n(C)n4)CC3)n2)n1. The van der Waals surface area contributed by atoms with Crippen molar-refractivity contribution in [2.24, 2.45) is 7.05 Å². The van der Waals surface area contributed by atoms with E-state index in [0.29, 0.717) is 5.82 Å². The lowest BCUT2D eigenvalue weighted by Crippen LogP contribution is -2.40. The third-order valence-corrected chi connectivity index (χ3v) is 5.61. The van der Waals surface area contributed by atoms with Gasteiger partial charge in [0.25, 0.3) is 17.0 Å². The van der Waals surface area contributed by atoms with Crippen molar-refractivity contribution in [2.45, 2.75) is 51.6 Å². The standard InChI is InChI=1S/C21H25N7O3/c1-13-12-14(2)27(23-13)18-9-11-20(30)28(25-18)16-6-4-15(5-7-16)22-21(31)17-8-10-19(29)26(3)24-17/h8-12,15-16H,4-7H2,1-3H3,(H,22,31). The molecular weight excluding hydrogens is 398 g/mol. The number of amides is 1. The first-order chi connectivity index (χ1) is 14.8. The van der Waals surface area contributed by atoms with Crippen LogP contribution in [0.25, 0.3) is 5.82 Å². The highest BCUT2D eigenvalue weighted by Gasteiger charge is 2.26. The molecule has 0 aliphatic heterocycles. The molecule has 0 saturated heterocycles. The third kappa shape index (κ3) is 4.32. The molecule has 3 heterocycles. The van der Waals surface area contributed by atoms with Crippen molar-refractivity contribution in [3.63, 3.8) is 0 Å². The molecule has 1 aliphatic carbocycles. The number of rotatable bonds is 4. The summed E-state index contributed by atoms with van der Waals surface area (Å²) in [7, 11) is 1.51. The average molecular weight is 423 g/mol. The second-order valence-corrected chi connectivity index (χ2v) is 7.97. The predicted octanol–water partition coefficient (Wildman–Crippen LogP) is 1.05. The summed E-state index contributed by atoms with van der Waals surface area (Å²) in [5, 5.41) is 16.0. The molecule has 1 N–H and O–H groups in total. The van der Waals surface area contributed by atoms with Crippen LogP contribution in [0.4, 0.5) is 0 Å². The average Bonchev–Trinajstić information content (AvgIpc) is 3.09. The molecule has 1 amide bonds. The predicted molar refractivity (Wildman–Crippen MR) is 113 cm³/mol. The molecule has 3 aromatic heterocycles. The summed E-state index contributed by atoms with van der Waals surface area (Å²) in [6, 6.07) is 7.88. The summed E-state index contributed by atoms with van der Waals surface area (Å²) in [6.07, 6.45) is 2.89. The van der Waals surface area contributed by atoms with Crippen LogP contribution in [0.1, 0.15) is 53.6 Å². The highest BCUT2D eigenvalue weighted by Crippen LogP contribution is 2.27. The largest absolute Gasteiger partial charge is 0.348 e. The Morgan fingerprint density at radius 3 is 2.32 bits per heavy atom. The maximum Gasteiger partial charge on any atom is 0.271 e. The van der Waals surface area contributed by atoms with E-state index in [1.165, 1.54) is 25.2 Å². The number of aryl methyl sites for hydroxylation is 3. The lowest BCUT2D eigenvalue weighted by atomic mass is 9.91. The van der Waals surface area contributed by atoms with E-state index < -0.39 is 0 Å². The number of carbonyl (C=O) groups is 1. The molecule has 0 aromatic carbocycles. The topological polar surface area (TPSA) is 117 Å². The molecule has 10 nitrogen and oxygen atoms in total. The molecule has 0 atom stereocenters. The summed E-state index contributed by atoms with van der Waals surface area (Å²) in [4.78, 5) is 36.4. The minimum Gasteiger partial charge on any atom is -0.348 e. The minimum atomic E-state index is -0.305. The van der Waals surface area contributed by atoms with Crippen molar-refractivity contribution >= 4 is 5.91 Å². The van der Waals surface area contributed by atoms with Gasteiger partial charge in [-0.2, -0.15) is 10.2 Å². The molecule has 4 rings (SSSR count). The lowest BCUT2D eigenvalue weighted by molar-refractivity contribution is 0.0914. The van der Waals surface area contributed by atoms with Crippen molar-refractivity contribution in [2.75, 3.05) is 0 Å². The number of carbonyl (C=O) groups excluding carboxylic acids is 1.